The number of aliphatic hydroxyl groups is 1. The quantitative estimate of drug-likeness (QED) is 0.772. The first kappa shape index (κ1) is 10.2. The lowest BCUT2D eigenvalue weighted by atomic mass is 9.92. The molecule has 0 bridgehead atoms. The molecule has 2 rings (SSSR count). The Morgan fingerprint density at radius 2 is 2.13 bits per heavy atom. The zero-order valence-electron chi connectivity index (χ0n) is 8.74. The molecular weight excluding hydrogens is 188 g/mol. The van der Waals surface area contributed by atoms with Gasteiger partial charge in [-0.25, -0.2) is 0 Å². The maximum atomic E-state index is 10.4. The molecule has 0 amide bonds. The van der Waals surface area contributed by atoms with Crippen LogP contribution in [0.4, 0.5) is 0 Å². The standard InChI is InChI=1S/C12H16N2O/c1-9(13)11-8-10(4-7-14-11)12(15)5-2-3-6-12/h4,7-8,15H,1-3,5-6,13H2. The molecule has 1 aliphatic rings. The first-order valence-electron chi connectivity index (χ1n) is 5.25. The molecule has 0 radical (unpaired) electrons. The summed E-state index contributed by atoms with van der Waals surface area (Å²) in [7, 11) is 0. The van der Waals surface area contributed by atoms with E-state index in [0.29, 0.717) is 11.4 Å². The maximum Gasteiger partial charge on any atom is 0.0897 e. The fourth-order valence-electron chi connectivity index (χ4n) is 2.14. The minimum Gasteiger partial charge on any atom is -0.397 e. The zero-order chi connectivity index (χ0) is 10.9. The van der Waals surface area contributed by atoms with Crippen LogP contribution in [0.1, 0.15) is 36.9 Å². The Morgan fingerprint density at radius 3 is 2.73 bits per heavy atom. The molecule has 1 aromatic rings. The van der Waals surface area contributed by atoms with Gasteiger partial charge < -0.3 is 10.8 Å². The number of rotatable bonds is 2. The molecule has 0 spiro atoms. The highest BCUT2D eigenvalue weighted by atomic mass is 16.3. The van der Waals surface area contributed by atoms with Crippen LogP contribution in [-0.4, -0.2) is 10.1 Å². The fraction of sp³-hybridized carbons (Fsp3) is 0.417. The Bertz CT molecular complexity index is 381. The third kappa shape index (κ3) is 1.88. The SMILES string of the molecule is C=C(N)c1cc(C2(O)CCCC2)ccn1. The van der Waals surface area contributed by atoms with Crippen LogP contribution in [-0.2, 0) is 5.60 Å². The van der Waals surface area contributed by atoms with Crippen LogP contribution in [0.15, 0.2) is 24.9 Å². The summed E-state index contributed by atoms with van der Waals surface area (Å²) in [6.45, 7) is 3.65. The van der Waals surface area contributed by atoms with Gasteiger partial charge in [-0.15, -0.1) is 0 Å². The van der Waals surface area contributed by atoms with Crippen molar-refractivity contribution in [2.45, 2.75) is 31.3 Å². The van der Waals surface area contributed by atoms with Crippen molar-refractivity contribution in [1.29, 1.82) is 0 Å². The van der Waals surface area contributed by atoms with Crippen molar-refractivity contribution >= 4 is 5.70 Å². The van der Waals surface area contributed by atoms with Gasteiger partial charge in [0.15, 0.2) is 0 Å². The third-order valence-corrected chi connectivity index (χ3v) is 3.06. The van der Waals surface area contributed by atoms with Crippen molar-refractivity contribution in [2.75, 3.05) is 0 Å². The lowest BCUT2D eigenvalue weighted by Crippen LogP contribution is -2.21. The predicted molar refractivity (Wildman–Crippen MR) is 59.8 cm³/mol. The van der Waals surface area contributed by atoms with Crippen LogP contribution in [0.25, 0.3) is 5.70 Å². The molecule has 1 saturated carbocycles. The topological polar surface area (TPSA) is 59.1 Å². The average molecular weight is 204 g/mol. The minimum atomic E-state index is -0.673. The molecule has 1 aromatic heterocycles. The summed E-state index contributed by atoms with van der Waals surface area (Å²) in [4.78, 5) is 4.11. The summed E-state index contributed by atoms with van der Waals surface area (Å²) < 4.78 is 0. The molecule has 1 fully saturated rings. The highest BCUT2D eigenvalue weighted by Gasteiger charge is 2.33. The van der Waals surface area contributed by atoms with E-state index in [1.54, 1.807) is 6.20 Å². The van der Waals surface area contributed by atoms with E-state index in [9.17, 15) is 5.11 Å². The van der Waals surface area contributed by atoms with E-state index in [1.165, 1.54) is 0 Å². The number of hydrogen-bond acceptors (Lipinski definition) is 3. The summed E-state index contributed by atoms with van der Waals surface area (Å²) >= 11 is 0. The van der Waals surface area contributed by atoms with Gasteiger partial charge in [-0.2, -0.15) is 0 Å². The second-order valence-corrected chi connectivity index (χ2v) is 4.19. The van der Waals surface area contributed by atoms with Gasteiger partial charge in [0, 0.05) is 6.20 Å². The van der Waals surface area contributed by atoms with Crippen LogP contribution < -0.4 is 5.73 Å². The Hall–Kier alpha value is -1.35. The fourth-order valence-corrected chi connectivity index (χ4v) is 2.14. The molecule has 1 heterocycles. The van der Waals surface area contributed by atoms with Crippen LogP contribution in [0.5, 0.6) is 0 Å². The molecule has 3 N–H and O–H groups in total. The van der Waals surface area contributed by atoms with E-state index in [0.717, 1.165) is 31.2 Å². The zero-order valence-corrected chi connectivity index (χ0v) is 8.74. The summed E-state index contributed by atoms with van der Waals surface area (Å²) in [5.41, 5.74) is 6.93. The highest BCUT2D eigenvalue weighted by Crippen LogP contribution is 2.38. The molecule has 0 atom stereocenters. The van der Waals surface area contributed by atoms with Gasteiger partial charge in [0.1, 0.15) is 0 Å². The molecule has 15 heavy (non-hydrogen) atoms. The van der Waals surface area contributed by atoms with Gasteiger partial charge in [0.25, 0.3) is 0 Å². The van der Waals surface area contributed by atoms with Crippen LogP contribution in [0.2, 0.25) is 0 Å². The molecule has 0 aliphatic heterocycles. The average Bonchev–Trinajstić information content (AvgIpc) is 2.67. The van der Waals surface area contributed by atoms with Crippen molar-refractivity contribution < 1.29 is 5.11 Å². The van der Waals surface area contributed by atoms with Crippen molar-refractivity contribution in [3.05, 3.63) is 36.2 Å². The monoisotopic (exact) mass is 204 g/mol. The molecule has 3 heteroatoms. The summed E-state index contributed by atoms with van der Waals surface area (Å²) in [5, 5.41) is 10.4. The molecular formula is C12H16N2O. The van der Waals surface area contributed by atoms with Crippen molar-refractivity contribution in [2.24, 2.45) is 5.73 Å². The Kier molecular flexibility index (Phi) is 2.49. The Balaban J connectivity index is 2.36. The van der Waals surface area contributed by atoms with E-state index in [-0.39, 0.29) is 0 Å². The van der Waals surface area contributed by atoms with E-state index < -0.39 is 5.60 Å². The summed E-state index contributed by atoms with van der Waals surface area (Å²) in [5.74, 6) is 0. The first-order chi connectivity index (χ1) is 7.12. The van der Waals surface area contributed by atoms with E-state index in [2.05, 4.69) is 11.6 Å². The first-order valence-corrected chi connectivity index (χ1v) is 5.25. The van der Waals surface area contributed by atoms with Gasteiger partial charge in [-0.05, 0) is 30.5 Å². The van der Waals surface area contributed by atoms with Crippen LogP contribution >= 0.6 is 0 Å². The van der Waals surface area contributed by atoms with Crippen molar-refractivity contribution in [3.8, 4) is 0 Å². The summed E-state index contributed by atoms with van der Waals surface area (Å²) in [6.07, 6.45) is 5.50. The van der Waals surface area contributed by atoms with Crippen molar-refractivity contribution in [1.82, 2.24) is 4.98 Å². The van der Waals surface area contributed by atoms with Gasteiger partial charge in [-0.3, -0.25) is 4.98 Å². The normalized spacial score (nSPS) is 19.0. The number of nitrogens with zero attached hydrogens (tertiary/aromatic N) is 1. The molecule has 1 aliphatic carbocycles. The lowest BCUT2D eigenvalue weighted by Gasteiger charge is -2.22. The Morgan fingerprint density at radius 1 is 1.47 bits per heavy atom. The number of pyridine rings is 1. The third-order valence-electron chi connectivity index (χ3n) is 3.06. The predicted octanol–water partition coefficient (Wildman–Crippen LogP) is 1.77. The van der Waals surface area contributed by atoms with Gasteiger partial charge in [0.05, 0.1) is 17.0 Å². The highest BCUT2D eigenvalue weighted by molar-refractivity contribution is 5.57. The van der Waals surface area contributed by atoms with Gasteiger partial charge >= 0.3 is 0 Å². The Labute approximate surface area is 89.6 Å². The molecule has 0 saturated heterocycles. The smallest absolute Gasteiger partial charge is 0.0897 e. The minimum absolute atomic E-state index is 0.443. The number of aromatic nitrogens is 1. The van der Waals surface area contributed by atoms with Gasteiger partial charge in [0.2, 0.25) is 0 Å². The lowest BCUT2D eigenvalue weighted by molar-refractivity contribution is 0.0443. The second kappa shape index (κ2) is 3.66. The van der Waals surface area contributed by atoms with Crippen LogP contribution in [0.3, 0.4) is 0 Å². The van der Waals surface area contributed by atoms with Gasteiger partial charge in [-0.1, -0.05) is 19.4 Å². The van der Waals surface area contributed by atoms with E-state index in [1.807, 2.05) is 12.1 Å². The molecule has 80 valence electrons. The summed E-state index contributed by atoms with van der Waals surface area (Å²) in [6, 6.07) is 3.70. The largest absolute Gasteiger partial charge is 0.397 e. The van der Waals surface area contributed by atoms with E-state index >= 15 is 0 Å². The molecule has 0 aromatic carbocycles. The number of nitrogens with two attached hydrogens (primary N) is 1. The van der Waals surface area contributed by atoms with E-state index in [4.69, 9.17) is 5.73 Å². The van der Waals surface area contributed by atoms with Crippen LogP contribution in [0, 0.1) is 0 Å². The second-order valence-electron chi connectivity index (χ2n) is 4.19. The molecule has 0 unspecified atom stereocenters. The molecule has 3 nitrogen and oxygen atoms in total. The number of hydrogen-bond donors (Lipinski definition) is 2. The van der Waals surface area contributed by atoms with Crippen molar-refractivity contribution in [3.63, 3.8) is 0 Å². The maximum absolute atomic E-state index is 10.4.